The van der Waals surface area contributed by atoms with Crippen molar-refractivity contribution in [2.45, 2.75) is 4.90 Å². The molecule has 5 heteroatoms. The van der Waals surface area contributed by atoms with Crippen LogP contribution in [-0.2, 0) is 11.3 Å². The van der Waals surface area contributed by atoms with Gasteiger partial charge in [0, 0.05) is 6.07 Å². The standard InChI is InChI=1S/C8H9N3OS/c1-11-7-3-2-4-8(13-12-9)6(7)5-10-11/h2-5H,9H2,1H3/p+1. The first-order valence-electron chi connectivity index (χ1n) is 3.82. The fraction of sp³-hybridized carbons (Fsp3) is 0.125. The first-order chi connectivity index (χ1) is 6.33. The molecule has 0 aliphatic heterocycles. The van der Waals surface area contributed by atoms with Crippen LogP contribution in [0.25, 0.3) is 10.9 Å². The summed E-state index contributed by atoms with van der Waals surface area (Å²) in [6, 6.07) is 5.97. The monoisotopic (exact) mass is 196 g/mol. The zero-order chi connectivity index (χ0) is 9.26. The number of aryl methyl sites for hydroxylation is 1. The summed E-state index contributed by atoms with van der Waals surface area (Å²) in [5.41, 5.74) is 1.13. The third kappa shape index (κ3) is 1.41. The second kappa shape index (κ2) is 3.37. The van der Waals surface area contributed by atoms with Crippen LogP contribution in [0.15, 0.2) is 29.3 Å². The van der Waals surface area contributed by atoms with Crippen molar-refractivity contribution < 1.29 is 8.97 Å². The second-order valence-corrected chi connectivity index (χ2v) is 3.50. The van der Waals surface area contributed by atoms with Gasteiger partial charge in [-0.2, -0.15) is 5.10 Å². The van der Waals surface area contributed by atoms with Gasteiger partial charge in [-0.1, -0.05) is 6.07 Å². The zero-order valence-corrected chi connectivity index (χ0v) is 7.97. The second-order valence-electron chi connectivity index (χ2n) is 2.70. The van der Waals surface area contributed by atoms with E-state index in [0.29, 0.717) is 0 Å². The molecule has 0 spiro atoms. The molecule has 0 fully saturated rings. The van der Waals surface area contributed by atoms with Crippen LogP contribution in [0.4, 0.5) is 0 Å². The molecule has 3 N–H and O–H groups in total. The van der Waals surface area contributed by atoms with E-state index in [2.05, 4.69) is 9.38 Å². The molecule has 0 bridgehead atoms. The molecule has 0 aliphatic carbocycles. The molecule has 2 aromatic rings. The molecule has 1 aromatic heterocycles. The summed E-state index contributed by atoms with van der Waals surface area (Å²) in [7, 11) is 1.96. The van der Waals surface area contributed by atoms with Crippen LogP contribution in [0.2, 0.25) is 0 Å². The number of nitrogens with one attached hydrogen (secondary N) is 1. The maximum absolute atomic E-state index is 5.00. The number of aromatic nitrogens is 2. The van der Waals surface area contributed by atoms with Gasteiger partial charge in [0.05, 0.1) is 28.5 Å². The molecule has 0 atom stereocenters. The lowest BCUT2D eigenvalue weighted by Crippen LogP contribution is -2.29. The predicted octanol–water partition coefficient (Wildman–Crippen LogP) is 0.890. The molecule has 1 aromatic carbocycles. The molecule has 0 radical (unpaired) electrons. The molecule has 0 aliphatic rings. The number of H-pyrrole nitrogens is 1. The van der Waals surface area contributed by atoms with Gasteiger partial charge in [-0.15, -0.1) is 4.68 Å². The lowest BCUT2D eigenvalue weighted by Gasteiger charge is -1.95. The summed E-state index contributed by atoms with van der Waals surface area (Å²) in [6.45, 7) is 0. The van der Waals surface area contributed by atoms with E-state index in [0.717, 1.165) is 27.8 Å². The Morgan fingerprint density at radius 2 is 2.38 bits per heavy atom. The van der Waals surface area contributed by atoms with Crippen LogP contribution >= 0.6 is 12.0 Å². The normalized spacial score (nSPS) is 10.9. The van der Waals surface area contributed by atoms with E-state index in [1.165, 1.54) is 0 Å². The maximum atomic E-state index is 5.00. The van der Waals surface area contributed by atoms with Gasteiger partial charge in [-0.3, -0.25) is 0 Å². The van der Waals surface area contributed by atoms with Crippen molar-refractivity contribution in [1.29, 1.82) is 0 Å². The highest BCUT2D eigenvalue weighted by Crippen LogP contribution is 2.24. The molecule has 0 amide bonds. The molecule has 2 rings (SSSR count). The smallest absolute Gasteiger partial charge is 0.229 e. The Bertz CT molecular complexity index is 426. The first kappa shape index (κ1) is 8.55. The molecule has 0 saturated heterocycles. The van der Waals surface area contributed by atoms with E-state index in [9.17, 15) is 0 Å². The molecule has 4 nitrogen and oxygen atoms in total. The summed E-state index contributed by atoms with van der Waals surface area (Å²) >= 11 is 1.16. The molecular weight excluding hydrogens is 186 g/mol. The highest BCUT2D eigenvalue weighted by molar-refractivity contribution is 7.94. The Kier molecular flexibility index (Phi) is 2.22. The van der Waals surface area contributed by atoms with Gasteiger partial charge in [-0.25, -0.2) is 10.2 Å². The number of rotatable bonds is 2. The predicted molar refractivity (Wildman–Crippen MR) is 50.6 cm³/mol. The summed E-state index contributed by atoms with van der Waals surface area (Å²) in [6.07, 6.45) is 1.93. The minimum Gasteiger partial charge on any atom is -0.229 e. The van der Waals surface area contributed by atoms with Gasteiger partial charge in [-0.05, 0) is 6.07 Å². The Balaban J connectivity index is 2.63. The van der Waals surface area contributed by atoms with Crippen LogP contribution in [0.3, 0.4) is 0 Å². The van der Waals surface area contributed by atoms with Crippen molar-refractivity contribution in [3.05, 3.63) is 24.4 Å². The average Bonchev–Trinajstić information content (AvgIpc) is 2.50. The molecule has 0 unspecified atom stereocenters. The number of nitrogens with two attached hydrogens (primary N) is 1. The minimum absolute atomic E-state index is 1.01. The number of hydrogen-bond donors (Lipinski definition) is 2. The molecule has 13 heavy (non-hydrogen) atoms. The van der Waals surface area contributed by atoms with Crippen molar-refractivity contribution >= 4 is 22.9 Å². The topological polar surface area (TPSA) is 54.9 Å². The fourth-order valence-corrected chi connectivity index (χ4v) is 1.82. The van der Waals surface area contributed by atoms with Gasteiger partial charge >= 0.3 is 0 Å². The van der Waals surface area contributed by atoms with Crippen LogP contribution < -0.4 is 10.6 Å². The van der Waals surface area contributed by atoms with Crippen molar-refractivity contribution in [2.24, 2.45) is 12.9 Å². The largest absolute Gasteiger partial charge is 0.239 e. The minimum atomic E-state index is 1.01. The molecule has 0 saturated carbocycles. The van der Waals surface area contributed by atoms with Crippen molar-refractivity contribution in [3.63, 3.8) is 0 Å². The SMILES string of the molecule is C[n+]1[nH]cc2c(SON)cccc21. The Morgan fingerprint density at radius 3 is 3.15 bits per heavy atom. The third-order valence-corrected chi connectivity index (χ3v) is 2.58. The average molecular weight is 196 g/mol. The van der Waals surface area contributed by atoms with E-state index in [1.54, 1.807) is 0 Å². The number of nitrogens with zero attached hydrogens (tertiary/aromatic N) is 1. The Morgan fingerprint density at radius 1 is 1.54 bits per heavy atom. The van der Waals surface area contributed by atoms with Gasteiger partial charge in [0.1, 0.15) is 0 Å². The first-order valence-corrected chi connectivity index (χ1v) is 4.56. The van der Waals surface area contributed by atoms with Crippen molar-refractivity contribution in [1.82, 2.24) is 5.10 Å². The number of fused-ring (bicyclic) bond motifs is 1. The van der Waals surface area contributed by atoms with Gasteiger partial charge in [0.25, 0.3) is 0 Å². The number of hydrogen-bond acceptors (Lipinski definition) is 3. The molecule has 68 valence electrons. The van der Waals surface area contributed by atoms with Gasteiger partial charge < -0.3 is 0 Å². The lowest BCUT2D eigenvalue weighted by molar-refractivity contribution is -0.702. The Hall–Kier alpha value is -1.04. The number of aromatic amines is 1. The van der Waals surface area contributed by atoms with E-state index in [1.807, 2.05) is 36.1 Å². The highest BCUT2D eigenvalue weighted by atomic mass is 32.2. The molecular formula is C8H10N3OS+. The summed E-state index contributed by atoms with van der Waals surface area (Å²) < 4.78 is 6.48. The molecule has 1 heterocycles. The zero-order valence-electron chi connectivity index (χ0n) is 7.15. The highest BCUT2D eigenvalue weighted by Gasteiger charge is 2.10. The summed E-state index contributed by atoms with van der Waals surface area (Å²) in [4.78, 5) is 1.01. The fourth-order valence-electron chi connectivity index (χ4n) is 1.33. The van der Waals surface area contributed by atoms with Crippen LogP contribution in [-0.4, -0.2) is 5.10 Å². The number of benzene rings is 1. The Labute approximate surface area is 79.8 Å². The van der Waals surface area contributed by atoms with Crippen LogP contribution in [0.1, 0.15) is 0 Å². The van der Waals surface area contributed by atoms with Crippen molar-refractivity contribution in [3.8, 4) is 0 Å². The summed E-state index contributed by atoms with van der Waals surface area (Å²) in [5, 5.41) is 4.19. The van der Waals surface area contributed by atoms with E-state index in [4.69, 9.17) is 5.90 Å². The van der Waals surface area contributed by atoms with Gasteiger partial charge in [0.2, 0.25) is 5.52 Å². The van der Waals surface area contributed by atoms with Crippen molar-refractivity contribution in [2.75, 3.05) is 0 Å². The van der Waals surface area contributed by atoms with E-state index in [-0.39, 0.29) is 0 Å². The maximum Gasteiger partial charge on any atom is 0.239 e. The summed E-state index contributed by atoms with van der Waals surface area (Å²) in [5.74, 6) is 5.00. The lowest BCUT2D eigenvalue weighted by atomic mass is 10.2. The van der Waals surface area contributed by atoms with E-state index >= 15 is 0 Å². The van der Waals surface area contributed by atoms with Crippen LogP contribution in [0.5, 0.6) is 0 Å². The van der Waals surface area contributed by atoms with E-state index < -0.39 is 0 Å². The van der Waals surface area contributed by atoms with Crippen LogP contribution in [0, 0.1) is 0 Å². The van der Waals surface area contributed by atoms with Gasteiger partial charge in [0.15, 0.2) is 7.05 Å². The third-order valence-electron chi connectivity index (χ3n) is 1.94. The quantitative estimate of drug-likeness (QED) is 0.426.